The van der Waals surface area contributed by atoms with E-state index >= 15 is 0 Å². The van der Waals surface area contributed by atoms with Gasteiger partial charge in [0.2, 0.25) is 11.7 Å². The first-order valence-electron chi connectivity index (χ1n) is 9.12. The van der Waals surface area contributed by atoms with E-state index in [1.54, 1.807) is 26.0 Å². The molecule has 154 valence electrons. The summed E-state index contributed by atoms with van der Waals surface area (Å²) >= 11 is 6.20. The zero-order chi connectivity index (χ0) is 21.6. The summed E-state index contributed by atoms with van der Waals surface area (Å²) in [6.07, 6.45) is 1.43. The number of hydrogen-bond donors (Lipinski definition) is 2. The van der Waals surface area contributed by atoms with Crippen LogP contribution in [0.1, 0.15) is 37.3 Å². The third-order valence-corrected chi connectivity index (χ3v) is 5.28. The van der Waals surface area contributed by atoms with Gasteiger partial charge in [0.1, 0.15) is 23.6 Å². The van der Waals surface area contributed by atoms with Crippen LogP contribution in [0.25, 0.3) is 28.1 Å². The number of aliphatic hydroxyl groups excluding tert-OH is 2. The summed E-state index contributed by atoms with van der Waals surface area (Å²) in [5.74, 6) is -0.0497. The van der Waals surface area contributed by atoms with Crippen LogP contribution in [0.4, 0.5) is 0 Å². The largest absolute Gasteiger partial charge is 0.396 e. The minimum absolute atomic E-state index is 0.0990. The van der Waals surface area contributed by atoms with Gasteiger partial charge in [-0.25, -0.2) is 4.98 Å². The number of rotatable bonds is 5. The molecule has 0 saturated carbocycles. The van der Waals surface area contributed by atoms with Crippen molar-refractivity contribution in [2.75, 3.05) is 13.2 Å². The first-order valence-corrected chi connectivity index (χ1v) is 9.50. The van der Waals surface area contributed by atoms with Crippen LogP contribution in [0.3, 0.4) is 0 Å². The standard InChI is InChI=1S/C19H17ClN6O4/c1-9(6-27)18-23-17(24-30-18)14-16-19(29)26(10(2)7-28)15-11(5-21)12(20)3-4-13(15)25(16)8-22-14/h3-4,8-10,27-28H,6-7H2,1-2H3. The topological polar surface area (TPSA) is 142 Å². The van der Waals surface area contributed by atoms with Gasteiger partial charge in [-0.05, 0) is 19.1 Å². The molecule has 0 saturated heterocycles. The Morgan fingerprint density at radius 2 is 2.03 bits per heavy atom. The molecule has 3 aromatic heterocycles. The molecular formula is C19H17ClN6O4. The molecule has 0 fully saturated rings. The Labute approximate surface area is 174 Å². The van der Waals surface area contributed by atoms with E-state index < -0.39 is 11.6 Å². The summed E-state index contributed by atoms with van der Waals surface area (Å²) in [4.78, 5) is 22.0. The maximum absolute atomic E-state index is 13.5. The lowest BCUT2D eigenvalue weighted by Crippen LogP contribution is -2.28. The highest BCUT2D eigenvalue weighted by molar-refractivity contribution is 6.32. The van der Waals surface area contributed by atoms with Gasteiger partial charge in [0.15, 0.2) is 0 Å². The molecule has 2 atom stereocenters. The highest BCUT2D eigenvalue weighted by Crippen LogP contribution is 2.29. The van der Waals surface area contributed by atoms with Crippen molar-refractivity contribution in [2.45, 2.75) is 25.8 Å². The zero-order valence-electron chi connectivity index (χ0n) is 16.1. The van der Waals surface area contributed by atoms with Crippen molar-refractivity contribution in [1.82, 2.24) is 24.1 Å². The van der Waals surface area contributed by atoms with Crippen LogP contribution in [-0.4, -0.2) is 47.5 Å². The molecule has 30 heavy (non-hydrogen) atoms. The van der Waals surface area contributed by atoms with Gasteiger partial charge in [-0.2, -0.15) is 10.2 Å². The molecule has 2 N–H and O–H groups in total. The predicted molar refractivity (Wildman–Crippen MR) is 107 cm³/mol. The van der Waals surface area contributed by atoms with E-state index in [0.717, 1.165) is 0 Å². The Balaban J connectivity index is 2.12. The fourth-order valence-corrected chi connectivity index (χ4v) is 3.52. The molecule has 0 spiro atoms. The number of imidazole rings is 1. The van der Waals surface area contributed by atoms with Gasteiger partial charge < -0.3 is 14.7 Å². The summed E-state index contributed by atoms with van der Waals surface area (Å²) in [7, 11) is 0. The first-order chi connectivity index (χ1) is 14.4. The fraction of sp³-hybridized carbons (Fsp3) is 0.316. The van der Waals surface area contributed by atoms with Crippen LogP contribution < -0.4 is 5.56 Å². The monoisotopic (exact) mass is 428 g/mol. The summed E-state index contributed by atoms with van der Waals surface area (Å²) in [5.41, 5.74) is 0.805. The molecular weight excluding hydrogens is 412 g/mol. The predicted octanol–water partition coefficient (Wildman–Crippen LogP) is 1.87. The molecule has 0 aliphatic rings. The molecule has 0 aliphatic heterocycles. The van der Waals surface area contributed by atoms with Crippen molar-refractivity contribution >= 4 is 28.2 Å². The SMILES string of the molecule is CC(CO)c1nc(-c2ncn3c2c(=O)n(C(C)CO)c2c(C#N)c(Cl)ccc23)no1. The van der Waals surface area contributed by atoms with Gasteiger partial charge in [-0.15, -0.1) is 0 Å². The summed E-state index contributed by atoms with van der Waals surface area (Å²) in [6.45, 7) is 2.88. The molecule has 4 rings (SSSR count). The van der Waals surface area contributed by atoms with Crippen LogP contribution in [0, 0.1) is 11.3 Å². The van der Waals surface area contributed by atoms with Crippen molar-refractivity contribution in [3.8, 4) is 17.6 Å². The van der Waals surface area contributed by atoms with E-state index in [9.17, 15) is 20.3 Å². The quantitative estimate of drug-likeness (QED) is 0.490. The number of fused-ring (bicyclic) bond motifs is 3. The number of benzene rings is 1. The molecule has 0 aliphatic carbocycles. The smallest absolute Gasteiger partial charge is 0.278 e. The molecule has 0 amide bonds. The second-order valence-electron chi connectivity index (χ2n) is 6.96. The van der Waals surface area contributed by atoms with Crippen LogP contribution in [0.15, 0.2) is 27.8 Å². The number of aromatic nitrogens is 5. The lowest BCUT2D eigenvalue weighted by molar-refractivity contribution is 0.239. The maximum Gasteiger partial charge on any atom is 0.278 e. The van der Waals surface area contributed by atoms with Crippen molar-refractivity contribution in [3.63, 3.8) is 0 Å². The van der Waals surface area contributed by atoms with E-state index in [2.05, 4.69) is 15.1 Å². The van der Waals surface area contributed by atoms with Gasteiger partial charge >= 0.3 is 0 Å². The van der Waals surface area contributed by atoms with E-state index in [0.29, 0.717) is 11.0 Å². The number of halogens is 1. The highest BCUT2D eigenvalue weighted by Gasteiger charge is 2.25. The summed E-state index contributed by atoms with van der Waals surface area (Å²) in [5, 5.41) is 32.8. The van der Waals surface area contributed by atoms with E-state index in [4.69, 9.17) is 16.1 Å². The Morgan fingerprint density at radius 3 is 2.70 bits per heavy atom. The first kappa shape index (κ1) is 20.0. The fourth-order valence-electron chi connectivity index (χ4n) is 3.33. The second kappa shape index (κ2) is 7.53. The van der Waals surface area contributed by atoms with Crippen LogP contribution in [0.5, 0.6) is 0 Å². The lowest BCUT2D eigenvalue weighted by atomic mass is 10.1. The normalized spacial score (nSPS) is 13.6. The molecule has 10 nitrogen and oxygen atoms in total. The minimum atomic E-state index is -0.631. The van der Waals surface area contributed by atoms with Gasteiger partial charge in [-0.1, -0.05) is 23.7 Å². The van der Waals surface area contributed by atoms with E-state index in [1.165, 1.54) is 15.3 Å². The molecule has 2 unspecified atom stereocenters. The number of hydrogen-bond acceptors (Lipinski definition) is 8. The molecule has 11 heteroatoms. The number of aliphatic hydroxyl groups is 2. The van der Waals surface area contributed by atoms with Gasteiger partial charge in [0.05, 0.1) is 46.8 Å². The third-order valence-electron chi connectivity index (χ3n) is 4.96. The summed E-state index contributed by atoms with van der Waals surface area (Å²) in [6, 6.07) is 4.65. The van der Waals surface area contributed by atoms with Crippen molar-refractivity contribution in [2.24, 2.45) is 0 Å². The number of nitriles is 1. The Hall–Kier alpha value is -3.26. The van der Waals surface area contributed by atoms with Gasteiger partial charge in [-0.3, -0.25) is 13.8 Å². The summed E-state index contributed by atoms with van der Waals surface area (Å²) < 4.78 is 8.06. The van der Waals surface area contributed by atoms with E-state index in [-0.39, 0.29) is 52.6 Å². The molecule has 3 heterocycles. The van der Waals surface area contributed by atoms with E-state index in [1.807, 2.05) is 6.07 Å². The molecule has 4 aromatic rings. The molecule has 0 radical (unpaired) electrons. The van der Waals surface area contributed by atoms with Gasteiger partial charge in [0.25, 0.3) is 5.56 Å². The average molecular weight is 429 g/mol. The highest BCUT2D eigenvalue weighted by atomic mass is 35.5. The lowest BCUT2D eigenvalue weighted by Gasteiger charge is -2.18. The molecule has 1 aromatic carbocycles. The zero-order valence-corrected chi connectivity index (χ0v) is 16.8. The van der Waals surface area contributed by atoms with Crippen LogP contribution >= 0.6 is 11.6 Å². The second-order valence-corrected chi connectivity index (χ2v) is 7.37. The Kier molecular flexibility index (Phi) is 5.03. The van der Waals surface area contributed by atoms with Crippen molar-refractivity contribution < 1.29 is 14.7 Å². The third kappa shape index (κ3) is 2.87. The van der Waals surface area contributed by atoms with Crippen LogP contribution in [-0.2, 0) is 0 Å². The number of nitrogens with zero attached hydrogens (tertiary/aromatic N) is 6. The molecule has 0 bridgehead atoms. The average Bonchev–Trinajstić information content (AvgIpc) is 3.40. The van der Waals surface area contributed by atoms with Crippen molar-refractivity contribution in [1.29, 1.82) is 5.26 Å². The maximum atomic E-state index is 13.5. The van der Waals surface area contributed by atoms with Crippen LogP contribution in [0.2, 0.25) is 5.02 Å². The minimum Gasteiger partial charge on any atom is -0.396 e. The van der Waals surface area contributed by atoms with Crippen molar-refractivity contribution in [3.05, 3.63) is 45.3 Å². The Morgan fingerprint density at radius 1 is 1.27 bits per heavy atom. The Bertz CT molecular complexity index is 1370. The van der Waals surface area contributed by atoms with Gasteiger partial charge in [0, 0.05) is 0 Å².